The first-order valence-corrected chi connectivity index (χ1v) is 7.54. The third-order valence-electron chi connectivity index (χ3n) is 4.22. The van der Waals surface area contributed by atoms with Crippen LogP contribution in [0.1, 0.15) is 31.2 Å². The summed E-state index contributed by atoms with van der Waals surface area (Å²) in [5.74, 6) is -1.50. The number of nitrogens with two attached hydrogens (primary N) is 1. The Labute approximate surface area is 146 Å². The number of rotatable bonds is 5. The van der Waals surface area contributed by atoms with E-state index in [1.165, 1.54) is 19.2 Å². The first-order valence-electron chi connectivity index (χ1n) is 7.54. The summed E-state index contributed by atoms with van der Waals surface area (Å²) in [7, 11) is 1.24. The second kappa shape index (κ2) is 8.21. The van der Waals surface area contributed by atoms with Crippen LogP contribution < -0.4 is 11.1 Å². The zero-order chi connectivity index (χ0) is 17.0. The number of benzene rings is 1. The number of amides is 1. The highest BCUT2D eigenvalue weighted by molar-refractivity contribution is 5.90. The molecule has 1 aliphatic carbocycles. The molecule has 0 radical (unpaired) electrons. The van der Waals surface area contributed by atoms with Crippen molar-refractivity contribution in [1.29, 1.82) is 0 Å². The molecular formula is C16H23ClN2O5. The minimum atomic E-state index is -0.941. The number of carbonyl (C=O) groups is 2. The summed E-state index contributed by atoms with van der Waals surface area (Å²) in [4.78, 5) is 24.3. The summed E-state index contributed by atoms with van der Waals surface area (Å²) in [6.07, 6.45) is 3.08. The van der Waals surface area contributed by atoms with E-state index in [0.717, 1.165) is 12.8 Å². The fourth-order valence-electron chi connectivity index (χ4n) is 2.80. The highest BCUT2D eigenvalue weighted by Crippen LogP contribution is 2.28. The van der Waals surface area contributed by atoms with Crippen molar-refractivity contribution in [2.75, 3.05) is 7.11 Å². The van der Waals surface area contributed by atoms with Crippen LogP contribution in [0.15, 0.2) is 18.2 Å². The highest BCUT2D eigenvalue weighted by atomic mass is 35.5. The van der Waals surface area contributed by atoms with Crippen LogP contribution in [0.25, 0.3) is 0 Å². The first-order chi connectivity index (χ1) is 10.9. The third-order valence-corrected chi connectivity index (χ3v) is 4.22. The number of halogens is 1. The van der Waals surface area contributed by atoms with Gasteiger partial charge in [-0.1, -0.05) is 18.9 Å². The Bertz CT molecular complexity index is 602. The predicted molar refractivity (Wildman–Crippen MR) is 90.1 cm³/mol. The normalized spacial score (nSPS) is 16.8. The minimum absolute atomic E-state index is 0. The maximum Gasteiger partial charge on any atom is 0.328 e. The molecular weight excluding hydrogens is 336 g/mol. The van der Waals surface area contributed by atoms with Crippen LogP contribution in [0.5, 0.6) is 11.5 Å². The Morgan fingerprint density at radius 2 is 1.92 bits per heavy atom. The van der Waals surface area contributed by atoms with Crippen molar-refractivity contribution in [1.82, 2.24) is 5.32 Å². The van der Waals surface area contributed by atoms with Crippen molar-refractivity contribution >= 4 is 24.3 Å². The molecule has 7 nitrogen and oxygen atoms in total. The van der Waals surface area contributed by atoms with E-state index in [-0.39, 0.29) is 36.2 Å². The Morgan fingerprint density at radius 1 is 1.29 bits per heavy atom. The van der Waals surface area contributed by atoms with Crippen molar-refractivity contribution in [3.05, 3.63) is 23.8 Å². The molecule has 5 N–H and O–H groups in total. The summed E-state index contributed by atoms with van der Waals surface area (Å²) in [5, 5.41) is 21.5. The Balaban J connectivity index is 0.00000288. The van der Waals surface area contributed by atoms with Crippen LogP contribution in [0.3, 0.4) is 0 Å². The lowest BCUT2D eigenvalue weighted by atomic mass is 9.96. The molecule has 134 valence electrons. The number of carbonyl (C=O) groups excluding carboxylic acids is 2. The molecule has 1 saturated carbocycles. The van der Waals surface area contributed by atoms with Crippen LogP contribution >= 0.6 is 12.4 Å². The van der Waals surface area contributed by atoms with Gasteiger partial charge in [0.15, 0.2) is 11.5 Å². The third kappa shape index (κ3) is 4.52. The van der Waals surface area contributed by atoms with Gasteiger partial charge in [0.1, 0.15) is 6.04 Å². The zero-order valence-electron chi connectivity index (χ0n) is 13.4. The molecule has 0 aliphatic heterocycles. The van der Waals surface area contributed by atoms with E-state index >= 15 is 0 Å². The van der Waals surface area contributed by atoms with Gasteiger partial charge in [-0.25, -0.2) is 4.79 Å². The number of aromatic hydroxyl groups is 2. The number of phenolic OH excluding ortho intramolecular Hbond substituents is 2. The van der Waals surface area contributed by atoms with Crippen LogP contribution in [0.2, 0.25) is 0 Å². The van der Waals surface area contributed by atoms with Gasteiger partial charge in [0.05, 0.1) is 12.6 Å². The summed E-state index contributed by atoms with van der Waals surface area (Å²) in [6.45, 7) is 0. The fourth-order valence-corrected chi connectivity index (χ4v) is 2.80. The van der Waals surface area contributed by atoms with Gasteiger partial charge in [-0.05, 0) is 30.5 Å². The van der Waals surface area contributed by atoms with Gasteiger partial charge in [0.2, 0.25) is 5.91 Å². The van der Waals surface area contributed by atoms with Gasteiger partial charge in [-0.2, -0.15) is 0 Å². The van der Waals surface area contributed by atoms with Crippen LogP contribution in [0, 0.1) is 0 Å². The predicted octanol–water partition coefficient (Wildman–Crippen LogP) is 0.991. The number of methoxy groups -OCH3 is 1. The summed E-state index contributed by atoms with van der Waals surface area (Å²) in [6, 6.07) is 3.32. The van der Waals surface area contributed by atoms with E-state index in [1.807, 2.05) is 0 Å². The number of hydrogen-bond donors (Lipinski definition) is 4. The van der Waals surface area contributed by atoms with Crippen molar-refractivity contribution in [3.8, 4) is 11.5 Å². The minimum Gasteiger partial charge on any atom is -0.504 e. The van der Waals surface area contributed by atoms with E-state index in [0.29, 0.717) is 18.4 Å². The number of esters is 1. The molecule has 0 saturated heterocycles. The SMILES string of the molecule is COC(=O)[C@H](Cc1ccc(O)c(O)c1)NC(=O)C1(N)CCCC1.Cl. The topological polar surface area (TPSA) is 122 Å². The van der Waals surface area contributed by atoms with Crippen LogP contribution in [-0.4, -0.2) is 40.8 Å². The molecule has 0 aromatic heterocycles. The molecule has 1 aliphatic rings. The Morgan fingerprint density at radius 3 is 2.46 bits per heavy atom. The summed E-state index contributed by atoms with van der Waals surface area (Å²) >= 11 is 0. The maximum atomic E-state index is 12.4. The molecule has 0 unspecified atom stereocenters. The number of hydrogen-bond acceptors (Lipinski definition) is 6. The van der Waals surface area contributed by atoms with Gasteiger partial charge in [0.25, 0.3) is 0 Å². The molecule has 2 rings (SSSR count). The molecule has 8 heteroatoms. The second-order valence-corrected chi connectivity index (χ2v) is 5.94. The van der Waals surface area contributed by atoms with Gasteiger partial charge in [-0.15, -0.1) is 12.4 Å². The van der Waals surface area contributed by atoms with Crippen molar-refractivity contribution in [2.24, 2.45) is 5.73 Å². The van der Waals surface area contributed by atoms with E-state index in [1.54, 1.807) is 6.07 Å². The average molecular weight is 359 g/mol. The van der Waals surface area contributed by atoms with Gasteiger partial charge in [0, 0.05) is 6.42 Å². The smallest absolute Gasteiger partial charge is 0.328 e. The standard InChI is InChI=1S/C16H22N2O5.ClH/c1-23-14(21)11(8-10-4-5-12(19)13(20)9-10)18-15(22)16(17)6-2-3-7-16;/h4-5,9,11,19-20H,2-3,6-8,17H2,1H3,(H,18,22);1H/t11-;/m0./s1. The van der Waals surface area contributed by atoms with Crippen LogP contribution in [0.4, 0.5) is 0 Å². The van der Waals surface area contributed by atoms with E-state index in [2.05, 4.69) is 5.32 Å². The molecule has 1 amide bonds. The van der Waals surface area contributed by atoms with Crippen molar-refractivity contribution < 1.29 is 24.5 Å². The highest BCUT2D eigenvalue weighted by Gasteiger charge is 2.39. The molecule has 1 aromatic rings. The average Bonchev–Trinajstić information content (AvgIpc) is 2.97. The summed E-state index contributed by atoms with van der Waals surface area (Å²) in [5.41, 5.74) is 5.73. The first kappa shape index (κ1) is 20.1. The zero-order valence-corrected chi connectivity index (χ0v) is 14.3. The molecule has 1 atom stereocenters. The lowest BCUT2D eigenvalue weighted by Crippen LogP contribution is -2.56. The number of phenols is 2. The van der Waals surface area contributed by atoms with Crippen molar-refractivity contribution in [2.45, 2.75) is 43.7 Å². The lowest BCUT2D eigenvalue weighted by Gasteiger charge is -2.25. The second-order valence-electron chi connectivity index (χ2n) is 5.94. The van der Waals surface area contributed by atoms with Gasteiger partial charge < -0.3 is 26.0 Å². The molecule has 0 heterocycles. The van der Waals surface area contributed by atoms with E-state index in [9.17, 15) is 19.8 Å². The molecule has 0 spiro atoms. The van der Waals surface area contributed by atoms with Crippen molar-refractivity contribution in [3.63, 3.8) is 0 Å². The number of ether oxygens (including phenoxy) is 1. The maximum absolute atomic E-state index is 12.4. The molecule has 0 bridgehead atoms. The molecule has 1 fully saturated rings. The largest absolute Gasteiger partial charge is 0.504 e. The van der Waals surface area contributed by atoms with E-state index in [4.69, 9.17) is 10.5 Å². The molecule has 24 heavy (non-hydrogen) atoms. The quantitative estimate of drug-likeness (QED) is 0.460. The molecule has 1 aromatic carbocycles. The number of nitrogens with one attached hydrogen (secondary N) is 1. The lowest BCUT2D eigenvalue weighted by molar-refractivity contribution is -0.145. The van der Waals surface area contributed by atoms with Gasteiger partial charge >= 0.3 is 5.97 Å². The fraction of sp³-hybridized carbons (Fsp3) is 0.500. The van der Waals surface area contributed by atoms with E-state index < -0.39 is 17.6 Å². The van der Waals surface area contributed by atoms with Gasteiger partial charge in [-0.3, -0.25) is 4.79 Å². The summed E-state index contributed by atoms with van der Waals surface area (Å²) < 4.78 is 4.73. The Kier molecular flexibility index (Phi) is 6.86. The van der Waals surface area contributed by atoms with Crippen LogP contribution in [-0.2, 0) is 20.7 Å². The monoisotopic (exact) mass is 358 g/mol. The Hall–Kier alpha value is -1.99.